The smallest absolute Gasteiger partial charge is 0.244 e. The average Bonchev–Trinajstić information content (AvgIpc) is 3.53. The van der Waals surface area contributed by atoms with Crippen LogP contribution in [-0.2, 0) is 10.2 Å². The number of hydrogen-bond acceptors (Lipinski definition) is 4. The third kappa shape index (κ3) is 3.47. The van der Waals surface area contributed by atoms with E-state index in [1.54, 1.807) is 18.2 Å². The van der Waals surface area contributed by atoms with Gasteiger partial charge in [-0.2, -0.15) is 5.10 Å². The van der Waals surface area contributed by atoms with Crippen LogP contribution in [0.25, 0.3) is 0 Å². The Morgan fingerprint density at radius 2 is 1.66 bits per heavy atom. The molecule has 0 aliphatic heterocycles. The highest BCUT2D eigenvalue weighted by atomic mass is 16.5. The van der Waals surface area contributed by atoms with Crippen molar-refractivity contribution in [1.82, 2.24) is 5.43 Å². The SMILES string of the molecule is COc1cccc(/C=N\NC(=O)[C@@H]2CC2(c2ccccc2)c2ccccc2)c1O. The molecule has 4 rings (SSSR count). The van der Waals surface area contributed by atoms with E-state index in [2.05, 4.69) is 34.8 Å². The molecule has 5 heteroatoms. The van der Waals surface area contributed by atoms with Gasteiger partial charge in [0, 0.05) is 11.0 Å². The predicted octanol–water partition coefficient (Wildman–Crippen LogP) is 3.86. The molecule has 1 saturated carbocycles. The van der Waals surface area contributed by atoms with Gasteiger partial charge in [0.15, 0.2) is 11.5 Å². The molecule has 146 valence electrons. The standard InChI is InChI=1S/C24H22N2O3/c1-29-21-14-8-9-17(22(21)27)16-25-26-23(28)20-15-24(20,18-10-4-2-5-11-18)19-12-6-3-7-13-19/h2-14,16,20,27H,15H2,1H3,(H,26,28)/b25-16-/t20-/m0/s1. The summed E-state index contributed by atoms with van der Waals surface area (Å²) in [7, 11) is 1.48. The number of nitrogens with zero attached hydrogens (tertiary/aromatic N) is 1. The van der Waals surface area contributed by atoms with Crippen LogP contribution in [0.5, 0.6) is 11.5 Å². The maximum Gasteiger partial charge on any atom is 0.244 e. The molecule has 2 N–H and O–H groups in total. The number of ether oxygens (including phenoxy) is 1. The molecule has 0 radical (unpaired) electrons. The highest BCUT2D eigenvalue weighted by Crippen LogP contribution is 2.58. The van der Waals surface area contributed by atoms with Crippen LogP contribution in [0, 0.1) is 5.92 Å². The molecule has 0 aromatic heterocycles. The molecule has 5 nitrogen and oxygen atoms in total. The van der Waals surface area contributed by atoms with Gasteiger partial charge in [-0.15, -0.1) is 0 Å². The van der Waals surface area contributed by atoms with Gasteiger partial charge in [-0.1, -0.05) is 66.7 Å². The maximum absolute atomic E-state index is 12.9. The van der Waals surface area contributed by atoms with E-state index in [-0.39, 0.29) is 23.0 Å². The predicted molar refractivity (Wildman–Crippen MR) is 112 cm³/mol. The number of amides is 1. The highest BCUT2D eigenvalue weighted by Gasteiger charge is 2.60. The number of methoxy groups -OCH3 is 1. The molecule has 3 aromatic carbocycles. The summed E-state index contributed by atoms with van der Waals surface area (Å²) in [5.74, 6) is -0.00308. The molecule has 3 aromatic rings. The molecule has 0 heterocycles. The highest BCUT2D eigenvalue weighted by molar-refractivity contribution is 5.89. The first-order chi connectivity index (χ1) is 14.2. The monoisotopic (exact) mass is 386 g/mol. The normalized spacial score (nSPS) is 17.1. The Hall–Kier alpha value is -3.60. The lowest BCUT2D eigenvalue weighted by Gasteiger charge is -2.18. The zero-order valence-electron chi connectivity index (χ0n) is 16.1. The number of carbonyl (C=O) groups excluding carboxylic acids is 1. The summed E-state index contributed by atoms with van der Waals surface area (Å²) in [6.45, 7) is 0. The third-order valence-electron chi connectivity index (χ3n) is 5.48. The van der Waals surface area contributed by atoms with Crippen LogP contribution in [0.2, 0.25) is 0 Å². The molecule has 1 fully saturated rings. The molecule has 1 atom stereocenters. The van der Waals surface area contributed by atoms with Crippen molar-refractivity contribution >= 4 is 12.1 Å². The van der Waals surface area contributed by atoms with Gasteiger partial charge in [0.05, 0.1) is 19.2 Å². The summed E-state index contributed by atoms with van der Waals surface area (Å²) in [4.78, 5) is 12.9. The van der Waals surface area contributed by atoms with Crippen molar-refractivity contribution in [2.75, 3.05) is 7.11 Å². The van der Waals surface area contributed by atoms with E-state index in [4.69, 9.17) is 4.74 Å². The number of hydrazone groups is 1. The fourth-order valence-electron chi connectivity index (χ4n) is 3.91. The number of benzene rings is 3. The first kappa shape index (κ1) is 18.7. The first-order valence-electron chi connectivity index (χ1n) is 9.47. The van der Waals surface area contributed by atoms with Crippen LogP contribution in [0.4, 0.5) is 0 Å². The van der Waals surface area contributed by atoms with Gasteiger partial charge in [0.25, 0.3) is 0 Å². The van der Waals surface area contributed by atoms with E-state index in [1.165, 1.54) is 13.3 Å². The summed E-state index contributed by atoms with van der Waals surface area (Å²) in [6.07, 6.45) is 2.15. The van der Waals surface area contributed by atoms with Crippen molar-refractivity contribution < 1.29 is 14.6 Å². The number of aromatic hydroxyl groups is 1. The Morgan fingerprint density at radius 1 is 1.03 bits per heavy atom. The third-order valence-corrected chi connectivity index (χ3v) is 5.48. The summed E-state index contributed by atoms with van der Waals surface area (Å²) >= 11 is 0. The first-order valence-corrected chi connectivity index (χ1v) is 9.47. The van der Waals surface area contributed by atoms with Crippen LogP contribution in [0.3, 0.4) is 0 Å². The largest absolute Gasteiger partial charge is 0.504 e. The van der Waals surface area contributed by atoms with Crippen molar-refractivity contribution in [3.8, 4) is 11.5 Å². The zero-order valence-corrected chi connectivity index (χ0v) is 16.1. The minimum Gasteiger partial charge on any atom is -0.504 e. The van der Waals surface area contributed by atoms with Crippen LogP contribution >= 0.6 is 0 Å². The summed E-state index contributed by atoms with van der Waals surface area (Å²) < 4.78 is 5.09. The van der Waals surface area contributed by atoms with E-state index < -0.39 is 0 Å². The zero-order chi connectivity index (χ0) is 20.3. The van der Waals surface area contributed by atoms with Crippen molar-refractivity contribution in [1.29, 1.82) is 0 Å². The van der Waals surface area contributed by atoms with Gasteiger partial charge >= 0.3 is 0 Å². The minimum atomic E-state index is -0.333. The van der Waals surface area contributed by atoms with Crippen molar-refractivity contribution in [2.24, 2.45) is 11.0 Å². The minimum absolute atomic E-state index is 0.0117. The van der Waals surface area contributed by atoms with Gasteiger partial charge in [-0.05, 0) is 29.7 Å². The van der Waals surface area contributed by atoms with E-state index in [1.807, 2.05) is 36.4 Å². The fraction of sp³-hybridized carbons (Fsp3) is 0.167. The number of para-hydroxylation sites is 1. The van der Waals surface area contributed by atoms with E-state index in [0.29, 0.717) is 11.3 Å². The van der Waals surface area contributed by atoms with Crippen molar-refractivity contribution in [2.45, 2.75) is 11.8 Å². The van der Waals surface area contributed by atoms with Gasteiger partial charge in [-0.25, -0.2) is 5.43 Å². The second kappa shape index (κ2) is 7.80. The van der Waals surface area contributed by atoms with Gasteiger partial charge in [-0.3, -0.25) is 4.79 Å². The molecular weight excluding hydrogens is 364 g/mol. The van der Waals surface area contributed by atoms with E-state index in [9.17, 15) is 9.90 Å². The second-order valence-corrected chi connectivity index (χ2v) is 7.09. The Balaban J connectivity index is 1.54. The molecule has 0 saturated heterocycles. The van der Waals surface area contributed by atoms with Crippen molar-refractivity contribution in [3.05, 3.63) is 95.6 Å². The summed E-state index contributed by atoms with van der Waals surface area (Å²) in [5.41, 5.74) is 5.02. The Morgan fingerprint density at radius 3 is 2.24 bits per heavy atom. The Kier molecular flexibility index (Phi) is 5.04. The van der Waals surface area contributed by atoms with Crippen LogP contribution in [0.1, 0.15) is 23.1 Å². The lowest BCUT2D eigenvalue weighted by atomic mass is 9.85. The van der Waals surface area contributed by atoms with Gasteiger partial charge in [0.1, 0.15) is 0 Å². The average molecular weight is 386 g/mol. The quantitative estimate of drug-likeness (QED) is 0.499. The Bertz CT molecular complexity index is 993. The maximum atomic E-state index is 12.9. The van der Waals surface area contributed by atoms with Crippen LogP contribution < -0.4 is 10.2 Å². The lowest BCUT2D eigenvalue weighted by molar-refractivity contribution is -0.122. The number of rotatable bonds is 6. The number of phenolic OH excluding ortho intramolecular Hbond substituents is 1. The Labute approximate surface area is 169 Å². The molecule has 0 unspecified atom stereocenters. The summed E-state index contributed by atoms with van der Waals surface area (Å²) in [6, 6.07) is 25.3. The van der Waals surface area contributed by atoms with Crippen LogP contribution in [-0.4, -0.2) is 24.3 Å². The molecule has 0 bridgehead atoms. The molecule has 0 spiro atoms. The van der Waals surface area contributed by atoms with Gasteiger partial charge < -0.3 is 9.84 Å². The molecule has 1 aliphatic rings. The fourth-order valence-corrected chi connectivity index (χ4v) is 3.91. The van der Waals surface area contributed by atoms with E-state index >= 15 is 0 Å². The number of hydrogen-bond donors (Lipinski definition) is 2. The summed E-state index contributed by atoms with van der Waals surface area (Å²) in [5, 5.41) is 14.2. The van der Waals surface area contributed by atoms with Crippen molar-refractivity contribution in [3.63, 3.8) is 0 Å². The molecular formula is C24H22N2O3. The number of carbonyl (C=O) groups is 1. The van der Waals surface area contributed by atoms with E-state index in [0.717, 1.165) is 17.5 Å². The topological polar surface area (TPSA) is 70.9 Å². The second-order valence-electron chi connectivity index (χ2n) is 7.09. The lowest BCUT2D eigenvalue weighted by Crippen LogP contribution is -2.25. The molecule has 29 heavy (non-hydrogen) atoms. The molecule has 1 amide bonds. The van der Waals surface area contributed by atoms with Gasteiger partial charge in [0.2, 0.25) is 5.91 Å². The molecule has 1 aliphatic carbocycles. The number of phenols is 1. The number of nitrogens with one attached hydrogen (secondary N) is 1. The van der Waals surface area contributed by atoms with Crippen LogP contribution in [0.15, 0.2) is 84.0 Å².